The van der Waals surface area contributed by atoms with Crippen molar-refractivity contribution in [2.24, 2.45) is 0 Å². The third-order valence-electron chi connectivity index (χ3n) is 3.83. The first-order valence-electron chi connectivity index (χ1n) is 7.27. The van der Waals surface area contributed by atoms with Crippen LogP contribution in [0.5, 0.6) is 0 Å². The molecule has 1 fully saturated rings. The second-order valence-electron chi connectivity index (χ2n) is 5.40. The summed E-state index contributed by atoms with van der Waals surface area (Å²) in [6.45, 7) is 6.77. The van der Waals surface area contributed by atoms with E-state index in [9.17, 15) is 0 Å². The van der Waals surface area contributed by atoms with Gasteiger partial charge in [0.25, 0.3) is 0 Å². The summed E-state index contributed by atoms with van der Waals surface area (Å²) in [5.74, 6) is 1.19. The lowest BCUT2D eigenvalue weighted by Gasteiger charge is -2.33. The molecule has 1 aromatic heterocycles. The van der Waals surface area contributed by atoms with Crippen LogP contribution in [0.3, 0.4) is 0 Å². The summed E-state index contributed by atoms with van der Waals surface area (Å²) in [6.07, 6.45) is 0.251. The maximum absolute atomic E-state index is 5.67. The summed E-state index contributed by atoms with van der Waals surface area (Å²) in [4.78, 5) is 2.39. The van der Waals surface area contributed by atoms with Crippen molar-refractivity contribution in [3.05, 3.63) is 41.6 Å². The normalized spacial score (nSPS) is 19.0. The summed E-state index contributed by atoms with van der Waals surface area (Å²) >= 11 is 3.62. The molecule has 0 spiro atoms. The van der Waals surface area contributed by atoms with Crippen molar-refractivity contribution in [2.75, 3.05) is 24.6 Å². The molecule has 1 aliphatic heterocycles. The van der Waals surface area contributed by atoms with E-state index in [-0.39, 0.29) is 6.10 Å². The Kier molecular flexibility index (Phi) is 4.31. The topological polar surface area (TPSA) is 30.3 Å². The summed E-state index contributed by atoms with van der Waals surface area (Å²) < 4.78 is 7.73. The number of nitrogens with zero attached hydrogens (tertiary/aromatic N) is 3. The van der Waals surface area contributed by atoms with Crippen LogP contribution in [0.4, 0.5) is 5.82 Å². The van der Waals surface area contributed by atoms with E-state index in [1.807, 2.05) is 18.2 Å². The molecule has 2 heterocycles. The van der Waals surface area contributed by atoms with Crippen LogP contribution in [-0.2, 0) is 10.1 Å². The summed E-state index contributed by atoms with van der Waals surface area (Å²) in [6, 6.07) is 10.3. The molecule has 1 saturated heterocycles. The Bertz CT molecular complexity index is 611. The Balaban J connectivity index is 2.08. The van der Waals surface area contributed by atoms with Gasteiger partial charge < -0.3 is 9.64 Å². The van der Waals surface area contributed by atoms with Gasteiger partial charge in [0.1, 0.15) is 5.82 Å². The molecule has 0 amide bonds. The standard InChI is InChI=1S/C16H20BrN3O/c1-12-11-19(8-9-21-12)16-15(10-17)13(2)18-20(16)14-6-4-3-5-7-14/h3-7,12H,8-11H2,1-2H3. The van der Waals surface area contributed by atoms with Crippen LogP contribution in [-0.4, -0.2) is 35.6 Å². The molecule has 21 heavy (non-hydrogen) atoms. The first-order chi connectivity index (χ1) is 10.2. The monoisotopic (exact) mass is 349 g/mol. The highest BCUT2D eigenvalue weighted by Gasteiger charge is 2.25. The van der Waals surface area contributed by atoms with E-state index in [1.54, 1.807) is 0 Å². The van der Waals surface area contributed by atoms with Crippen LogP contribution in [0, 0.1) is 6.92 Å². The van der Waals surface area contributed by atoms with Gasteiger partial charge >= 0.3 is 0 Å². The Morgan fingerprint density at radius 2 is 2.10 bits per heavy atom. The molecule has 0 N–H and O–H groups in total. The van der Waals surface area contributed by atoms with E-state index >= 15 is 0 Å². The minimum atomic E-state index is 0.251. The predicted octanol–water partition coefficient (Wildman–Crippen LogP) is 3.30. The molecule has 0 radical (unpaired) electrons. The van der Waals surface area contributed by atoms with Crippen molar-refractivity contribution in [1.29, 1.82) is 0 Å². The van der Waals surface area contributed by atoms with Crippen molar-refractivity contribution in [1.82, 2.24) is 9.78 Å². The number of halogens is 1. The van der Waals surface area contributed by atoms with Gasteiger partial charge in [-0.25, -0.2) is 4.68 Å². The number of alkyl halides is 1. The summed E-state index contributed by atoms with van der Waals surface area (Å²) in [7, 11) is 0. The van der Waals surface area contributed by atoms with Gasteiger partial charge in [0, 0.05) is 24.0 Å². The van der Waals surface area contributed by atoms with Crippen molar-refractivity contribution in [2.45, 2.75) is 25.3 Å². The van der Waals surface area contributed by atoms with E-state index in [4.69, 9.17) is 9.84 Å². The van der Waals surface area contributed by atoms with Crippen molar-refractivity contribution in [3.63, 3.8) is 0 Å². The summed E-state index contributed by atoms with van der Waals surface area (Å²) in [5, 5.41) is 5.57. The van der Waals surface area contributed by atoms with Crippen molar-refractivity contribution < 1.29 is 4.74 Å². The number of para-hydroxylation sites is 1. The lowest BCUT2D eigenvalue weighted by molar-refractivity contribution is 0.0527. The zero-order chi connectivity index (χ0) is 14.8. The average molecular weight is 350 g/mol. The van der Waals surface area contributed by atoms with E-state index in [0.29, 0.717) is 0 Å². The van der Waals surface area contributed by atoms with Gasteiger partial charge in [-0.15, -0.1) is 0 Å². The molecular weight excluding hydrogens is 330 g/mol. The highest BCUT2D eigenvalue weighted by Crippen LogP contribution is 2.30. The highest BCUT2D eigenvalue weighted by molar-refractivity contribution is 9.08. The number of aromatic nitrogens is 2. The lowest BCUT2D eigenvalue weighted by Crippen LogP contribution is -2.42. The largest absolute Gasteiger partial charge is 0.375 e. The maximum Gasteiger partial charge on any atom is 0.136 e. The Morgan fingerprint density at radius 1 is 1.33 bits per heavy atom. The number of hydrogen-bond acceptors (Lipinski definition) is 3. The van der Waals surface area contributed by atoms with E-state index in [0.717, 1.165) is 36.4 Å². The zero-order valence-corrected chi connectivity index (χ0v) is 14.0. The van der Waals surface area contributed by atoms with Gasteiger partial charge in [-0.2, -0.15) is 5.10 Å². The van der Waals surface area contributed by atoms with Gasteiger partial charge in [0.15, 0.2) is 0 Å². The number of benzene rings is 1. The minimum Gasteiger partial charge on any atom is -0.375 e. The first-order valence-corrected chi connectivity index (χ1v) is 8.39. The molecule has 2 aromatic rings. The molecule has 0 saturated carbocycles. The second kappa shape index (κ2) is 6.20. The smallest absolute Gasteiger partial charge is 0.136 e. The SMILES string of the molecule is Cc1nn(-c2ccccc2)c(N2CCOC(C)C2)c1CBr. The number of ether oxygens (including phenoxy) is 1. The maximum atomic E-state index is 5.67. The Morgan fingerprint density at radius 3 is 2.76 bits per heavy atom. The number of hydrogen-bond donors (Lipinski definition) is 0. The van der Waals surface area contributed by atoms with Gasteiger partial charge in [-0.3, -0.25) is 0 Å². The van der Waals surface area contributed by atoms with Gasteiger partial charge in [0.2, 0.25) is 0 Å². The third-order valence-corrected chi connectivity index (χ3v) is 4.39. The fourth-order valence-electron chi connectivity index (χ4n) is 2.79. The quantitative estimate of drug-likeness (QED) is 0.796. The molecule has 4 nitrogen and oxygen atoms in total. The highest BCUT2D eigenvalue weighted by atomic mass is 79.9. The number of morpholine rings is 1. The van der Waals surface area contributed by atoms with Gasteiger partial charge in [0.05, 0.1) is 24.1 Å². The van der Waals surface area contributed by atoms with Gasteiger partial charge in [-0.1, -0.05) is 34.1 Å². The molecular formula is C16H20BrN3O. The molecule has 0 aliphatic carbocycles. The molecule has 3 rings (SSSR count). The van der Waals surface area contributed by atoms with Crippen molar-refractivity contribution in [3.8, 4) is 5.69 Å². The van der Waals surface area contributed by atoms with E-state index < -0.39 is 0 Å². The molecule has 112 valence electrons. The lowest BCUT2D eigenvalue weighted by atomic mass is 10.2. The number of aryl methyl sites for hydroxylation is 1. The second-order valence-corrected chi connectivity index (χ2v) is 5.96. The van der Waals surface area contributed by atoms with Crippen LogP contribution in [0.25, 0.3) is 5.69 Å². The molecule has 1 atom stereocenters. The van der Waals surface area contributed by atoms with Gasteiger partial charge in [-0.05, 0) is 26.0 Å². The molecule has 1 aromatic carbocycles. The van der Waals surface area contributed by atoms with Crippen LogP contribution in [0.15, 0.2) is 30.3 Å². The van der Waals surface area contributed by atoms with E-state index in [2.05, 4.69) is 51.5 Å². The Hall–Kier alpha value is -1.33. The minimum absolute atomic E-state index is 0.251. The molecule has 1 unspecified atom stereocenters. The van der Waals surface area contributed by atoms with Crippen LogP contribution >= 0.6 is 15.9 Å². The van der Waals surface area contributed by atoms with Crippen molar-refractivity contribution >= 4 is 21.7 Å². The molecule has 0 bridgehead atoms. The number of rotatable bonds is 3. The zero-order valence-electron chi connectivity index (χ0n) is 12.4. The van der Waals surface area contributed by atoms with Crippen LogP contribution in [0.2, 0.25) is 0 Å². The number of anilines is 1. The fourth-order valence-corrected chi connectivity index (χ4v) is 3.45. The predicted molar refractivity (Wildman–Crippen MR) is 88.6 cm³/mol. The van der Waals surface area contributed by atoms with Crippen LogP contribution in [0.1, 0.15) is 18.2 Å². The average Bonchev–Trinajstić information content (AvgIpc) is 2.85. The third kappa shape index (κ3) is 2.85. The fraction of sp³-hybridized carbons (Fsp3) is 0.438. The molecule has 5 heteroatoms. The van der Waals surface area contributed by atoms with Crippen LogP contribution < -0.4 is 4.90 Å². The first kappa shape index (κ1) is 14.6. The molecule has 1 aliphatic rings. The Labute approximate surface area is 133 Å². The summed E-state index contributed by atoms with van der Waals surface area (Å²) in [5.41, 5.74) is 3.43. The van der Waals surface area contributed by atoms with E-state index in [1.165, 1.54) is 11.4 Å².